The maximum Gasteiger partial charge on any atom is 0.0494 e. The van der Waals surface area contributed by atoms with E-state index in [1.807, 2.05) is 0 Å². The summed E-state index contributed by atoms with van der Waals surface area (Å²) in [5.74, 6) is 4.05. The van der Waals surface area contributed by atoms with Crippen LogP contribution in [0.1, 0.15) is 117 Å². The highest BCUT2D eigenvalue weighted by Gasteiger charge is 2.24. The van der Waals surface area contributed by atoms with Crippen molar-refractivity contribution in [2.75, 3.05) is 13.2 Å². The first-order chi connectivity index (χ1) is 12.3. The minimum absolute atomic E-state index is 0.867. The first-order valence-corrected chi connectivity index (χ1v) is 11.9. The summed E-state index contributed by atoms with van der Waals surface area (Å²) in [5.41, 5.74) is 0. The molecule has 0 aromatic rings. The lowest BCUT2D eigenvalue weighted by Crippen LogP contribution is -2.20. The van der Waals surface area contributed by atoms with Crippen LogP contribution in [0.15, 0.2) is 0 Å². The van der Waals surface area contributed by atoms with Crippen molar-refractivity contribution < 1.29 is 4.74 Å². The van der Waals surface area contributed by atoms with Gasteiger partial charge in [-0.25, -0.2) is 0 Å². The highest BCUT2D eigenvalue weighted by molar-refractivity contribution is 4.77. The molecule has 2 aliphatic rings. The fourth-order valence-corrected chi connectivity index (χ4v) is 5.15. The molecule has 0 unspecified atom stereocenters. The number of ether oxygens (including phenoxy) is 1. The molecular weight excluding hydrogens is 304 g/mol. The van der Waals surface area contributed by atoms with Gasteiger partial charge in [-0.15, -0.1) is 0 Å². The molecule has 0 spiro atoms. The van der Waals surface area contributed by atoms with Crippen molar-refractivity contribution >= 4 is 0 Å². The summed E-state index contributed by atoms with van der Waals surface area (Å²) in [5, 5.41) is 0. The molecule has 0 aliphatic heterocycles. The number of unbranched alkanes of at least 4 members (excludes halogenated alkanes) is 3. The topological polar surface area (TPSA) is 9.23 Å². The second kappa shape index (κ2) is 13.2. The zero-order valence-corrected chi connectivity index (χ0v) is 17.4. The Hall–Kier alpha value is -0.0400. The summed E-state index contributed by atoms with van der Waals surface area (Å²) in [7, 11) is 0. The van der Waals surface area contributed by atoms with E-state index in [9.17, 15) is 0 Å². The number of hydrogen-bond acceptors (Lipinski definition) is 1. The summed E-state index contributed by atoms with van der Waals surface area (Å²) in [6.07, 6.45) is 23.4. The van der Waals surface area contributed by atoms with E-state index in [2.05, 4.69) is 13.8 Å². The minimum Gasteiger partial charge on any atom is -0.381 e. The number of rotatable bonds is 12. The van der Waals surface area contributed by atoms with Crippen LogP contribution in [-0.4, -0.2) is 13.2 Å². The normalized spacial score (nSPS) is 30.5. The molecule has 1 nitrogen and oxygen atoms in total. The van der Waals surface area contributed by atoms with Crippen molar-refractivity contribution in [2.24, 2.45) is 23.7 Å². The third-order valence-electron chi connectivity index (χ3n) is 7.13. The summed E-state index contributed by atoms with van der Waals surface area (Å²) in [4.78, 5) is 0. The molecule has 0 atom stereocenters. The zero-order chi connectivity index (χ0) is 17.7. The molecule has 0 amide bonds. The van der Waals surface area contributed by atoms with E-state index < -0.39 is 0 Å². The predicted molar refractivity (Wildman–Crippen MR) is 110 cm³/mol. The molecule has 148 valence electrons. The van der Waals surface area contributed by atoms with E-state index in [1.54, 1.807) is 0 Å². The highest BCUT2D eigenvalue weighted by Crippen LogP contribution is 2.37. The maximum atomic E-state index is 5.85. The molecule has 0 saturated heterocycles. The van der Waals surface area contributed by atoms with E-state index in [4.69, 9.17) is 4.74 Å². The fourth-order valence-electron chi connectivity index (χ4n) is 5.15. The van der Waals surface area contributed by atoms with Crippen molar-refractivity contribution in [3.05, 3.63) is 0 Å². The third-order valence-corrected chi connectivity index (χ3v) is 7.13. The van der Waals surface area contributed by atoms with Crippen LogP contribution in [-0.2, 0) is 4.74 Å². The fraction of sp³-hybridized carbons (Fsp3) is 1.00. The quantitative estimate of drug-likeness (QED) is 0.326. The molecule has 1 heteroatoms. The first-order valence-electron chi connectivity index (χ1n) is 11.9. The van der Waals surface area contributed by atoms with Crippen LogP contribution in [0.2, 0.25) is 0 Å². The molecular formula is C24H46O. The Morgan fingerprint density at radius 3 is 1.56 bits per heavy atom. The molecule has 0 aromatic heterocycles. The summed E-state index contributed by atoms with van der Waals surface area (Å²) in [6.45, 7) is 6.59. The Morgan fingerprint density at radius 2 is 1.04 bits per heavy atom. The second-order valence-electron chi connectivity index (χ2n) is 9.28. The van der Waals surface area contributed by atoms with Crippen LogP contribution in [0.3, 0.4) is 0 Å². The minimum atomic E-state index is 0.867. The molecule has 0 heterocycles. The van der Waals surface area contributed by atoms with Gasteiger partial charge in [0.1, 0.15) is 0 Å². The van der Waals surface area contributed by atoms with Gasteiger partial charge >= 0.3 is 0 Å². The summed E-state index contributed by atoms with van der Waals surface area (Å²) in [6, 6.07) is 0. The maximum absolute atomic E-state index is 5.85. The summed E-state index contributed by atoms with van der Waals surface area (Å²) >= 11 is 0. The van der Waals surface area contributed by atoms with Gasteiger partial charge in [-0.1, -0.05) is 97.3 Å². The van der Waals surface area contributed by atoms with Gasteiger partial charge in [-0.3, -0.25) is 0 Å². The van der Waals surface area contributed by atoms with E-state index >= 15 is 0 Å². The molecule has 0 N–H and O–H groups in total. The SMILES string of the molecule is CCCCC[C@H]1CC[C@H](CC[C@H]2CC[C@H](COCCCC)CC2)CC1. The Bertz CT molecular complexity index is 297. The van der Waals surface area contributed by atoms with Gasteiger partial charge in [0, 0.05) is 13.2 Å². The highest BCUT2D eigenvalue weighted by atomic mass is 16.5. The lowest BCUT2D eigenvalue weighted by molar-refractivity contribution is 0.0742. The average Bonchev–Trinajstić information content (AvgIpc) is 2.66. The van der Waals surface area contributed by atoms with Gasteiger partial charge < -0.3 is 4.74 Å². The first kappa shape index (κ1) is 21.3. The van der Waals surface area contributed by atoms with Crippen LogP contribution in [0.4, 0.5) is 0 Å². The van der Waals surface area contributed by atoms with E-state index in [0.717, 1.165) is 36.9 Å². The molecule has 0 aromatic carbocycles. The zero-order valence-electron chi connectivity index (χ0n) is 17.4. The molecule has 0 radical (unpaired) electrons. The Labute approximate surface area is 158 Å². The van der Waals surface area contributed by atoms with Crippen LogP contribution in [0.25, 0.3) is 0 Å². The van der Waals surface area contributed by atoms with Gasteiger partial charge in [0.05, 0.1) is 0 Å². The van der Waals surface area contributed by atoms with Gasteiger partial charge in [0.2, 0.25) is 0 Å². The summed E-state index contributed by atoms with van der Waals surface area (Å²) < 4.78 is 5.85. The monoisotopic (exact) mass is 350 g/mol. The van der Waals surface area contributed by atoms with E-state index in [1.165, 1.54) is 103 Å². The number of hydrogen-bond donors (Lipinski definition) is 0. The van der Waals surface area contributed by atoms with Crippen molar-refractivity contribution in [2.45, 2.75) is 117 Å². The van der Waals surface area contributed by atoms with Crippen LogP contribution < -0.4 is 0 Å². The predicted octanol–water partition coefficient (Wildman–Crippen LogP) is 7.78. The van der Waals surface area contributed by atoms with Gasteiger partial charge in [0.15, 0.2) is 0 Å². The Balaban J connectivity index is 1.48. The largest absolute Gasteiger partial charge is 0.381 e. The lowest BCUT2D eigenvalue weighted by atomic mass is 9.75. The van der Waals surface area contributed by atoms with Crippen LogP contribution >= 0.6 is 0 Å². The second-order valence-corrected chi connectivity index (χ2v) is 9.28. The van der Waals surface area contributed by atoms with E-state index in [0.29, 0.717) is 0 Å². The Kier molecular flexibility index (Phi) is 11.2. The van der Waals surface area contributed by atoms with Crippen molar-refractivity contribution in [3.8, 4) is 0 Å². The smallest absolute Gasteiger partial charge is 0.0494 e. The van der Waals surface area contributed by atoms with E-state index in [-0.39, 0.29) is 0 Å². The van der Waals surface area contributed by atoms with Gasteiger partial charge in [0.25, 0.3) is 0 Å². The average molecular weight is 351 g/mol. The molecule has 2 saturated carbocycles. The molecule has 25 heavy (non-hydrogen) atoms. The van der Waals surface area contributed by atoms with Crippen molar-refractivity contribution in [1.29, 1.82) is 0 Å². The van der Waals surface area contributed by atoms with Gasteiger partial charge in [-0.2, -0.15) is 0 Å². The van der Waals surface area contributed by atoms with Crippen molar-refractivity contribution in [1.82, 2.24) is 0 Å². The molecule has 0 bridgehead atoms. The van der Waals surface area contributed by atoms with Crippen LogP contribution in [0.5, 0.6) is 0 Å². The van der Waals surface area contributed by atoms with Crippen LogP contribution in [0, 0.1) is 23.7 Å². The third kappa shape index (κ3) is 8.94. The standard InChI is InChI=1S/C24H46O/c1-3-5-7-8-21-9-11-22(12-10-21)13-14-23-15-17-24(18-16-23)20-25-19-6-4-2/h21-24H,3-20H2,1-2H3/t21-,22-,23-,24-. The molecule has 2 fully saturated rings. The van der Waals surface area contributed by atoms with Gasteiger partial charge in [-0.05, 0) is 42.9 Å². The Morgan fingerprint density at radius 1 is 0.560 bits per heavy atom. The molecule has 2 aliphatic carbocycles. The molecule has 2 rings (SSSR count). The van der Waals surface area contributed by atoms with Crippen molar-refractivity contribution in [3.63, 3.8) is 0 Å². The lowest BCUT2D eigenvalue weighted by Gasteiger charge is -2.32.